The van der Waals surface area contributed by atoms with Gasteiger partial charge in [0.05, 0.1) is 0 Å². The molecule has 72 valence electrons. The highest BCUT2D eigenvalue weighted by Crippen LogP contribution is 2.15. The van der Waals surface area contributed by atoms with Gasteiger partial charge in [-0.2, -0.15) is 0 Å². The molecular weight excluding hydrogens is 240 g/mol. The second kappa shape index (κ2) is 3.98. The molecule has 3 heteroatoms. The minimum absolute atomic E-state index is 0.593. The zero-order valence-corrected chi connectivity index (χ0v) is 9.24. The summed E-state index contributed by atoms with van der Waals surface area (Å²) in [7, 11) is 0. The molecular formula is C11H11BrN2. The van der Waals surface area contributed by atoms with Crippen molar-refractivity contribution in [2.45, 2.75) is 6.54 Å². The lowest BCUT2D eigenvalue weighted by Crippen LogP contribution is -1.96. The van der Waals surface area contributed by atoms with Crippen molar-refractivity contribution in [1.29, 1.82) is 0 Å². The van der Waals surface area contributed by atoms with Gasteiger partial charge in [-0.25, -0.2) is 0 Å². The summed E-state index contributed by atoms with van der Waals surface area (Å²) in [5.41, 5.74) is 7.83. The molecule has 1 heterocycles. The number of hydrogen-bond donors (Lipinski definition) is 1. The SMILES string of the molecule is NCc1ccc(-n2ccc(Br)c2)cc1. The van der Waals surface area contributed by atoms with Gasteiger partial charge in [0, 0.05) is 29.1 Å². The predicted molar refractivity (Wildman–Crippen MR) is 61.4 cm³/mol. The molecule has 0 atom stereocenters. The van der Waals surface area contributed by atoms with Crippen LogP contribution in [-0.2, 0) is 6.54 Å². The molecule has 0 radical (unpaired) electrons. The Morgan fingerprint density at radius 3 is 2.36 bits per heavy atom. The standard InChI is InChI=1S/C11H11BrN2/c12-10-5-6-14(8-10)11-3-1-9(7-13)2-4-11/h1-6,8H,7,13H2. The smallest absolute Gasteiger partial charge is 0.0450 e. The maximum atomic E-state index is 5.53. The lowest BCUT2D eigenvalue weighted by atomic mass is 10.2. The van der Waals surface area contributed by atoms with Crippen LogP contribution < -0.4 is 5.73 Å². The van der Waals surface area contributed by atoms with Crippen molar-refractivity contribution < 1.29 is 0 Å². The second-order valence-corrected chi connectivity index (χ2v) is 4.02. The lowest BCUT2D eigenvalue weighted by molar-refractivity contribution is 1.04. The average Bonchev–Trinajstić information content (AvgIpc) is 2.65. The first-order chi connectivity index (χ1) is 6.79. The lowest BCUT2D eigenvalue weighted by Gasteiger charge is -2.03. The molecule has 0 aliphatic heterocycles. The molecule has 2 rings (SSSR count). The van der Waals surface area contributed by atoms with Gasteiger partial charge in [0.25, 0.3) is 0 Å². The minimum Gasteiger partial charge on any atom is -0.326 e. The van der Waals surface area contributed by atoms with E-state index < -0.39 is 0 Å². The molecule has 2 nitrogen and oxygen atoms in total. The van der Waals surface area contributed by atoms with Crippen molar-refractivity contribution in [2.75, 3.05) is 0 Å². The molecule has 1 aromatic carbocycles. The molecule has 2 N–H and O–H groups in total. The van der Waals surface area contributed by atoms with Crippen LogP contribution in [0.2, 0.25) is 0 Å². The molecule has 0 saturated carbocycles. The quantitative estimate of drug-likeness (QED) is 0.874. The van der Waals surface area contributed by atoms with E-state index in [1.807, 2.05) is 30.6 Å². The first-order valence-electron chi connectivity index (χ1n) is 4.42. The molecule has 1 aromatic heterocycles. The molecule has 0 bridgehead atoms. The Bertz CT molecular complexity index is 417. The van der Waals surface area contributed by atoms with Gasteiger partial charge in [0.2, 0.25) is 0 Å². The summed E-state index contributed by atoms with van der Waals surface area (Å²) in [6.45, 7) is 0.593. The van der Waals surface area contributed by atoms with Gasteiger partial charge >= 0.3 is 0 Å². The van der Waals surface area contributed by atoms with Gasteiger partial charge in [-0.15, -0.1) is 0 Å². The Balaban J connectivity index is 2.33. The van der Waals surface area contributed by atoms with E-state index in [1.165, 1.54) is 0 Å². The fourth-order valence-electron chi connectivity index (χ4n) is 1.34. The zero-order chi connectivity index (χ0) is 9.97. The third-order valence-corrected chi connectivity index (χ3v) is 2.60. The average molecular weight is 251 g/mol. The van der Waals surface area contributed by atoms with Crippen molar-refractivity contribution in [2.24, 2.45) is 5.73 Å². The van der Waals surface area contributed by atoms with Gasteiger partial charge < -0.3 is 10.3 Å². The summed E-state index contributed by atoms with van der Waals surface area (Å²) in [6, 6.07) is 10.2. The molecule has 0 spiro atoms. The summed E-state index contributed by atoms with van der Waals surface area (Å²) in [6.07, 6.45) is 4.04. The molecule has 0 aliphatic rings. The molecule has 0 fully saturated rings. The van der Waals surface area contributed by atoms with Gasteiger partial charge in [0.1, 0.15) is 0 Å². The van der Waals surface area contributed by atoms with Gasteiger partial charge in [-0.1, -0.05) is 12.1 Å². The molecule has 0 aliphatic carbocycles. The molecule has 0 saturated heterocycles. The van der Waals surface area contributed by atoms with Gasteiger partial charge in [-0.3, -0.25) is 0 Å². The predicted octanol–water partition coefficient (Wildman–Crippen LogP) is 2.70. The second-order valence-electron chi connectivity index (χ2n) is 3.11. The minimum atomic E-state index is 0.593. The maximum absolute atomic E-state index is 5.53. The first-order valence-corrected chi connectivity index (χ1v) is 5.22. The van der Waals surface area contributed by atoms with E-state index in [0.29, 0.717) is 6.54 Å². The Morgan fingerprint density at radius 2 is 1.86 bits per heavy atom. The monoisotopic (exact) mass is 250 g/mol. The Kier molecular flexibility index (Phi) is 2.70. The van der Waals surface area contributed by atoms with Crippen LogP contribution in [0, 0.1) is 0 Å². The highest BCUT2D eigenvalue weighted by atomic mass is 79.9. The van der Waals surface area contributed by atoms with E-state index in [4.69, 9.17) is 5.73 Å². The van der Waals surface area contributed by atoms with Crippen LogP contribution in [-0.4, -0.2) is 4.57 Å². The van der Waals surface area contributed by atoms with Crippen molar-refractivity contribution in [1.82, 2.24) is 4.57 Å². The normalized spacial score (nSPS) is 10.4. The summed E-state index contributed by atoms with van der Waals surface area (Å²) in [5.74, 6) is 0. The first kappa shape index (κ1) is 9.49. The fourth-order valence-corrected chi connectivity index (χ4v) is 1.67. The van der Waals surface area contributed by atoms with Crippen molar-refractivity contribution in [3.05, 3.63) is 52.8 Å². The van der Waals surface area contributed by atoms with E-state index in [-0.39, 0.29) is 0 Å². The topological polar surface area (TPSA) is 30.9 Å². The van der Waals surface area contributed by atoms with E-state index in [1.54, 1.807) is 0 Å². The third kappa shape index (κ3) is 1.89. The molecule has 14 heavy (non-hydrogen) atoms. The van der Waals surface area contributed by atoms with Crippen LogP contribution in [0.5, 0.6) is 0 Å². The number of nitrogens with two attached hydrogens (primary N) is 1. The highest BCUT2D eigenvalue weighted by Gasteiger charge is 1.96. The van der Waals surface area contributed by atoms with Gasteiger partial charge in [-0.05, 0) is 39.7 Å². The van der Waals surface area contributed by atoms with Crippen LogP contribution in [0.3, 0.4) is 0 Å². The Hall–Kier alpha value is -1.06. The van der Waals surface area contributed by atoms with Crippen LogP contribution >= 0.6 is 15.9 Å². The largest absolute Gasteiger partial charge is 0.326 e. The van der Waals surface area contributed by atoms with Gasteiger partial charge in [0.15, 0.2) is 0 Å². The summed E-state index contributed by atoms with van der Waals surface area (Å²) in [4.78, 5) is 0. The van der Waals surface area contributed by atoms with Crippen molar-refractivity contribution in [3.8, 4) is 5.69 Å². The molecule has 0 unspecified atom stereocenters. The highest BCUT2D eigenvalue weighted by molar-refractivity contribution is 9.10. The van der Waals surface area contributed by atoms with E-state index >= 15 is 0 Å². The van der Waals surface area contributed by atoms with E-state index in [2.05, 4.69) is 32.6 Å². The van der Waals surface area contributed by atoms with Crippen molar-refractivity contribution >= 4 is 15.9 Å². The van der Waals surface area contributed by atoms with E-state index in [9.17, 15) is 0 Å². The number of rotatable bonds is 2. The van der Waals surface area contributed by atoms with Crippen LogP contribution in [0.25, 0.3) is 5.69 Å². The number of aromatic nitrogens is 1. The number of benzene rings is 1. The van der Waals surface area contributed by atoms with E-state index in [0.717, 1.165) is 15.7 Å². The number of hydrogen-bond acceptors (Lipinski definition) is 1. The maximum Gasteiger partial charge on any atom is 0.0450 e. The fraction of sp³-hybridized carbons (Fsp3) is 0.0909. The Morgan fingerprint density at radius 1 is 1.14 bits per heavy atom. The summed E-state index contributed by atoms with van der Waals surface area (Å²) >= 11 is 3.42. The summed E-state index contributed by atoms with van der Waals surface area (Å²) in [5, 5.41) is 0. The summed E-state index contributed by atoms with van der Waals surface area (Å²) < 4.78 is 3.14. The Labute approximate surface area is 91.5 Å². The number of nitrogens with zero attached hydrogens (tertiary/aromatic N) is 1. The molecule has 0 amide bonds. The molecule has 2 aromatic rings. The third-order valence-electron chi connectivity index (χ3n) is 2.13. The van der Waals surface area contributed by atoms with Crippen molar-refractivity contribution in [3.63, 3.8) is 0 Å². The van der Waals surface area contributed by atoms with Crippen LogP contribution in [0.4, 0.5) is 0 Å². The zero-order valence-electron chi connectivity index (χ0n) is 7.65. The number of halogens is 1. The van der Waals surface area contributed by atoms with Crippen LogP contribution in [0.15, 0.2) is 47.2 Å². The van der Waals surface area contributed by atoms with Crippen LogP contribution in [0.1, 0.15) is 5.56 Å².